The van der Waals surface area contributed by atoms with E-state index in [9.17, 15) is 9.59 Å². The van der Waals surface area contributed by atoms with E-state index >= 15 is 0 Å². The van der Waals surface area contributed by atoms with Crippen LogP contribution in [-0.2, 0) is 26.7 Å². The van der Waals surface area contributed by atoms with Crippen molar-refractivity contribution in [2.45, 2.75) is 13.3 Å². The Kier molecular flexibility index (Phi) is 10.0. The first-order chi connectivity index (χ1) is 6.52. The van der Waals surface area contributed by atoms with E-state index in [1.54, 1.807) is 0 Å². The van der Waals surface area contributed by atoms with Crippen molar-refractivity contribution in [3.63, 3.8) is 0 Å². The van der Waals surface area contributed by atoms with Crippen LogP contribution < -0.4 is 0 Å². The maximum Gasteiger partial charge on any atom is 0.310 e. The summed E-state index contributed by atoms with van der Waals surface area (Å²) in [5.41, 5.74) is 1.07. The maximum atomic E-state index is 9.87. The maximum absolute atomic E-state index is 9.87. The first kappa shape index (κ1) is 16.2. The summed E-state index contributed by atoms with van der Waals surface area (Å²) in [6, 6.07) is 9.87. The van der Waals surface area contributed by atoms with Gasteiger partial charge in [-0.3, -0.25) is 9.59 Å². The largest absolute Gasteiger partial charge is 0.481 e. The molecule has 4 heteroatoms. The SMILES string of the molecule is CC(=O)CC(=O)O.[CH2-]c1ccccc1.[Fe]. The van der Waals surface area contributed by atoms with Gasteiger partial charge >= 0.3 is 5.97 Å². The minimum absolute atomic E-state index is 0. The van der Waals surface area contributed by atoms with E-state index in [0.717, 1.165) is 5.56 Å². The van der Waals surface area contributed by atoms with E-state index in [1.807, 2.05) is 30.3 Å². The summed E-state index contributed by atoms with van der Waals surface area (Å²) in [7, 11) is 0. The average molecular weight is 249 g/mol. The van der Waals surface area contributed by atoms with Gasteiger partial charge in [-0.2, -0.15) is 24.6 Å². The molecule has 1 N–H and O–H groups in total. The molecule has 15 heavy (non-hydrogen) atoms. The first-order valence-corrected chi connectivity index (χ1v) is 4.10. The summed E-state index contributed by atoms with van der Waals surface area (Å²) in [6.07, 6.45) is -0.361. The van der Waals surface area contributed by atoms with Gasteiger partial charge in [-0.1, -0.05) is 6.07 Å². The van der Waals surface area contributed by atoms with Crippen LogP contribution in [0.1, 0.15) is 18.9 Å². The summed E-state index contributed by atoms with van der Waals surface area (Å²) >= 11 is 0. The van der Waals surface area contributed by atoms with Crippen molar-refractivity contribution < 1.29 is 31.8 Å². The minimum Gasteiger partial charge on any atom is -0.481 e. The van der Waals surface area contributed by atoms with Gasteiger partial charge in [-0.05, 0) is 6.92 Å². The molecule has 84 valence electrons. The standard InChI is InChI=1S/C7H7.C4H6O3.Fe/c1-7-5-3-2-4-6-7;1-3(5)2-4(6)7;/h2-6H,1H2;2H2,1H3,(H,6,7);/q-1;;. The summed E-state index contributed by atoms with van der Waals surface area (Å²) in [4.78, 5) is 19.5. The van der Waals surface area contributed by atoms with Crippen LogP contribution in [0.5, 0.6) is 0 Å². The molecule has 0 spiro atoms. The molecular formula is C11H13FeO3-. The van der Waals surface area contributed by atoms with Crippen LogP contribution in [0, 0.1) is 6.92 Å². The molecule has 0 aromatic heterocycles. The quantitative estimate of drug-likeness (QED) is 0.495. The number of benzene rings is 1. The van der Waals surface area contributed by atoms with Gasteiger partial charge in [0, 0.05) is 17.1 Å². The minimum atomic E-state index is -1.06. The van der Waals surface area contributed by atoms with Gasteiger partial charge in [0.2, 0.25) is 0 Å². The molecule has 3 nitrogen and oxygen atoms in total. The zero-order valence-electron chi connectivity index (χ0n) is 8.42. The first-order valence-electron chi connectivity index (χ1n) is 4.10. The number of aliphatic carboxylic acids is 1. The van der Waals surface area contributed by atoms with Gasteiger partial charge in [0.15, 0.2) is 0 Å². The smallest absolute Gasteiger partial charge is 0.310 e. The Labute approximate surface area is 100.0 Å². The third kappa shape index (κ3) is 12.7. The third-order valence-corrected chi connectivity index (χ3v) is 1.24. The summed E-state index contributed by atoms with van der Waals surface area (Å²) in [5.74, 6) is -1.37. The summed E-state index contributed by atoms with van der Waals surface area (Å²) < 4.78 is 0. The van der Waals surface area contributed by atoms with E-state index in [-0.39, 0.29) is 29.3 Å². The molecule has 1 aromatic rings. The zero-order valence-corrected chi connectivity index (χ0v) is 9.52. The third-order valence-electron chi connectivity index (χ3n) is 1.24. The second-order valence-corrected chi connectivity index (χ2v) is 2.76. The van der Waals surface area contributed by atoms with Crippen LogP contribution in [0.4, 0.5) is 0 Å². The Hall–Kier alpha value is -1.25. The van der Waals surface area contributed by atoms with E-state index in [1.165, 1.54) is 6.92 Å². The fourth-order valence-electron chi connectivity index (χ4n) is 0.691. The Morgan fingerprint density at radius 3 is 1.87 bits per heavy atom. The molecule has 0 saturated heterocycles. The second-order valence-electron chi connectivity index (χ2n) is 2.76. The fraction of sp³-hybridized carbons (Fsp3) is 0.182. The van der Waals surface area contributed by atoms with Crippen LogP contribution in [0.25, 0.3) is 0 Å². The Bertz CT molecular complexity index is 284. The topological polar surface area (TPSA) is 54.4 Å². The molecule has 0 atom stereocenters. The molecule has 0 aliphatic carbocycles. The molecule has 0 unspecified atom stereocenters. The summed E-state index contributed by atoms with van der Waals surface area (Å²) in [5, 5.41) is 7.86. The van der Waals surface area contributed by atoms with Crippen LogP contribution >= 0.6 is 0 Å². The molecule has 0 aliphatic heterocycles. The molecule has 1 aromatic carbocycles. The number of rotatable bonds is 2. The average Bonchev–Trinajstić information content (AvgIpc) is 2.03. The predicted octanol–water partition coefficient (Wildman–Crippen LogP) is 1.92. The van der Waals surface area contributed by atoms with Crippen molar-refractivity contribution in [2.75, 3.05) is 0 Å². The number of ketones is 1. The van der Waals surface area contributed by atoms with Crippen LogP contribution in [-0.4, -0.2) is 16.9 Å². The van der Waals surface area contributed by atoms with E-state index in [4.69, 9.17) is 5.11 Å². The molecule has 0 radical (unpaired) electrons. The molecule has 0 saturated carbocycles. The Morgan fingerprint density at radius 2 is 1.73 bits per heavy atom. The molecule has 1 rings (SSSR count). The second kappa shape index (κ2) is 9.31. The van der Waals surface area contributed by atoms with E-state index in [0.29, 0.717) is 0 Å². The Balaban J connectivity index is 0. The molecule has 0 bridgehead atoms. The predicted molar refractivity (Wildman–Crippen MR) is 53.8 cm³/mol. The monoisotopic (exact) mass is 249 g/mol. The van der Waals surface area contributed by atoms with Gasteiger partial charge in [0.1, 0.15) is 12.2 Å². The number of carboxylic acid groups (broad SMARTS) is 1. The number of Topliss-reactive ketones (excluding diaryl/α,β-unsaturated/α-hetero) is 1. The molecule has 0 heterocycles. The van der Waals surface area contributed by atoms with Crippen molar-refractivity contribution in [1.29, 1.82) is 0 Å². The van der Waals surface area contributed by atoms with Crippen molar-refractivity contribution in [3.05, 3.63) is 42.8 Å². The van der Waals surface area contributed by atoms with Crippen molar-refractivity contribution in [1.82, 2.24) is 0 Å². The summed E-state index contributed by atoms with van der Waals surface area (Å²) in [6.45, 7) is 4.96. The zero-order chi connectivity index (χ0) is 11.0. The van der Waals surface area contributed by atoms with E-state index in [2.05, 4.69) is 6.92 Å². The number of carbonyl (C=O) groups is 2. The normalized spacial score (nSPS) is 7.80. The van der Waals surface area contributed by atoms with Crippen molar-refractivity contribution in [3.8, 4) is 0 Å². The van der Waals surface area contributed by atoms with Gasteiger partial charge in [0.25, 0.3) is 0 Å². The molecule has 0 fully saturated rings. The van der Waals surface area contributed by atoms with Gasteiger partial charge < -0.3 is 5.11 Å². The van der Waals surface area contributed by atoms with Crippen molar-refractivity contribution >= 4 is 11.8 Å². The van der Waals surface area contributed by atoms with Crippen LogP contribution in [0.3, 0.4) is 0 Å². The van der Waals surface area contributed by atoms with E-state index < -0.39 is 5.97 Å². The van der Waals surface area contributed by atoms with Crippen LogP contribution in [0.15, 0.2) is 30.3 Å². The number of carboxylic acids is 1. The van der Waals surface area contributed by atoms with Crippen LogP contribution in [0.2, 0.25) is 0 Å². The van der Waals surface area contributed by atoms with Gasteiger partial charge in [-0.25, -0.2) is 0 Å². The number of carbonyl (C=O) groups excluding carboxylic acids is 1. The van der Waals surface area contributed by atoms with Gasteiger partial charge in [-0.15, -0.1) is 12.1 Å². The van der Waals surface area contributed by atoms with Gasteiger partial charge in [0.05, 0.1) is 0 Å². The Morgan fingerprint density at radius 1 is 1.27 bits per heavy atom. The molecule has 0 amide bonds. The fourth-order valence-corrected chi connectivity index (χ4v) is 0.691. The number of hydrogen-bond acceptors (Lipinski definition) is 2. The number of hydrogen-bond donors (Lipinski definition) is 1. The van der Waals surface area contributed by atoms with Crippen molar-refractivity contribution in [2.24, 2.45) is 0 Å². The molecular weight excluding hydrogens is 236 g/mol. The molecule has 0 aliphatic rings.